The molecule has 0 saturated carbocycles. The number of aromatic nitrogens is 3. The normalized spacial score (nSPS) is 11.1. The van der Waals surface area contributed by atoms with Crippen molar-refractivity contribution in [1.29, 1.82) is 0 Å². The molecule has 0 fully saturated rings. The monoisotopic (exact) mass is 474 g/mol. The lowest BCUT2D eigenvalue weighted by atomic mass is 10.2. The maximum Gasteiger partial charge on any atom is 0.266 e. The average Bonchev–Trinajstić information content (AvgIpc) is 3.44. The second-order valence-electron chi connectivity index (χ2n) is 6.98. The van der Waals surface area contributed by atoms with Crippen LogP contribution >= 0.6 is 34.5 Å². The molecule has 0 radical (unpaired) electrons. The van der Waals surface area contributed by atoms with E-state index in [1.165, 1.54) is 11.3 Å². The molecule has 2 aromatic heterocycles. The maximum atomic E-state index is 13.1. The van der Waals surface area contributed by atoms with Gasteiger partial charge >= 0.3 is 0 Å². The molecule has 31 heavy (non-hydrogen) atoms. The molecular formula is C22H20Cl2N4O2S. The van der Waals surface area contributed by atoms with Crippen molar-refractivity contribution in [3.63, 3.8) is 0 Å². The van der Waals surface area contributed by atoms with Gasteiger partial charge in [0.1, 0.15) is 5.75 Å². The quantitative estimate of drug-likeness (QED) is 0.332. The van der Waals surface area contributed by atoms with E-state index < -0.39 is 0 Å². The molecule has 1 amide bonds. The first-order valence-electron chi connectivity index (χ1n) is 9.71. The van der Waals surface area contributed by atoms with Crippen LogP contribution in [0.1, 0.15) is 12.0 Å². The SMILES string of the molecule is Cc1ccc(Cl)c2sc(N(CCCn3ccnc3)C(=O)COc3ccc(Cl)cc3)nc12. The summed E-state index contributed by atoms with van der Waals surface area (Å²) in [6, 6.07) is 10.7. The summed E-state index contributed by atoms with van der Waals surface area (Å²) in [6.07, 6.45) is 6.14. The van der Waals surface area contributed by atoms with E-state index in [1.54, 1.807) is 41.7 Å². The van der Waals surface area contributed by atoms with Crippen LogP contribution in [-0.4, -0.2) is 33.6 Å². The molecule has 0 saturated heterocycles. The number of imidazole rings is 1. The number of ether oxygens (including phenoxy) is 1. The summed E-state index contributed by atoms with van der Waals surface area (Å²) in [7, 11) is 0. The Bertz CT molecular complexity index is 1140. The Labute approximate surface area is 194 Å². The lowest BCUT2D eigenvalue weighted by Crippen LogP contribution is -2.36. The molecule has 0 spiro atoms. The van der Waals surface area contributed by atoms with Crippen LogP contribution in [0.25, 0.3) is 10.2 Å². The predicted octanol–water partition coefficient (Wildman–Crippen LogP) is 5.61. The number of rotatable bonds is 8. The number of hydrogen-bond donors (Lipinski definition) is 0. The van der Waals surface area contributed by atoms with Gasteiger partial charge in [0.15, 0.2) is 11.7 Å². The van der Waals surface area contributed by atoms with Crippen molar-refractivity contribution in [3.05, 3.63) is 70.7 Å². The average molecular weight is 475 g/mol. The van der Waals surface area contributed by atoms with E-state index in [0.29, 0.717) is 27.5 Å². The minimum absolute atomic E-state index is 0.102. The smallest absolute Gasteiger partial charge is 0.266 e. The van der Waals surface area contributed by atoms with Crippen LogP contribution in [0.3, 0.4) is 0 Å². The summed E-state index contributed by atoms with van der Waals surface area (Å²) >= 11 is 13.7. The van der Waals surface area contributed by atoms with Crippen molar-refractivity contribution in [1.82, 2.24) is 14.5 Å². The lowest BCUT2D eigenvalue weighted by Gasteiger charge is -2.20. The zero-order chi connectivity index (χ0) is 21.8. The molecule has 0 aliphatic rings. The van der Waals surface area contributed by atoms with E-state index in [4.69, 9.17) is 32.9 Å². The Morgan fingerprint density at radius 1 is 1.19 bits per heavy atom. The molecule has 9 heteroatoms. The van der Waals surface area contributed by atoms with E-state index in [2.05, 4.69) is 4.98 Å². The Morgan fingerprint density at radius 2 is 2.00 bits per heavy atom. The number of carbonyl (C=O) groups is 1. The highest BCUT2D eigenvalue weighted by atomic mass is 35.5. The molecule has 0 unspecified atom stereocenters. The van der Waals surface area contributed by atoms with Crippen LogP contribution in [0.5, 0.6) is 5.75 Å². The zero-order valence-electron chi connectivity index (χ0n) is 16.8. The van der Waals surface area contributed by atoms with E-state index in [0.717, 1.165) is 28.7 Å². The van der Waals surface area contributed by atoms with Gasteiger partial charge in [-0.2, -0.15) is 0 Å². The van der Waals surface area contributed by atoms with Crippen LogP contribution in [0, 0.1) is 6.92 Å². The summed E-state index contributed by atoms with van der Waals surface area (Å²) in [5.41, 5.74) is 1.84. The fourth-order valence-corrected chi connectivity index (χ4v) is 4.60. The standard InChI is InChI=1S/C22H20Cl2N4O2S/c1-15-3-8-18(24)21-20(15)26-22(31-21)28(11-2-10-27-12-9-25-14-27)19(29)13-30-17-6-4-16(23)5-7-17/h3-9,12,14H,2,10-11,13H2,1H3. The lowest BCUT2D eigenvalue weighted by molar-refractivity contribution is -0.120. The van der Waals surface area contributed by atoms with E-state index >= 15 is 0 Å². The Balaban J connectivity index is 1.54. The van der Waals surface area contributed by atoms with Crippen LogP contribution in [0.15, 0.2) is 55.1 Å². The number of hydrogen-bond acceptors (Lipinski definition) is 5. The highest BCUT2D eigenvalue weighted by Crippen LogP contribution is 2.35. The number of halogens is 2. The van der Waals surface area contributed by atoms with Crippen molar-refractivity contribution in [3.8, 4) is 5.75 Å². The number of carbonyl (C=O) groups excluding carboxylic acids is 1. The third-order valence-corrected chi connectivity index (χ3v) is 6.54. The number of benzene rings is 2. The van der Waals surface area contributed by atoms with Crippen molar-refractivity contribution in [2.75, 3.05) is 18.1 Å². The minimum atomic E-state index is -0.173. The summed E-state index contributed by atoms with van der Waals surface area (Å²) in [5.74, 6) is 0.410. The molecule has 0 atom stereocenters. The maximum absolute atomic E-state index is 13.1. The van der Waals surface area contributed by atoms with Crippen LogP contribution < -0.4 is 9.64 Å². The van der Waals surface area contributed by atoms with Crippen LogP contribution in [-0.2, 0) is 11.3 Å². The second kappa shape index (κ2) is 9.68. The number of thiazole rings is 1. The summed E-state index contributed by atoms with van der Waals surface area (Å²) < 4.78 is 8.54. The molecule has 0 N–H and O–H groups in total. The van der Waals surface area contributed by atoms with Crippen molar-refractivity contribution in [2.45, 2.75) is 19.9 Å². The van der Waals surface area contributed by atoms with Gasteiger partial charge in [-0.15, -0.1) is 0 Å². The van der Waals surface area contributed by atoms with Gasteiger partial charge in [-0.3, -0.25) is 9.69 Å². The van der Waals surface area contributed by atoms with Crippen LogP contribution in [0.2, 0.25) is 10.0 Å². The molecule has 4 aromatic rings. The highest BCUT2D eigenvalue weighted by molar-refractivity contribution is 7.23. The van der Waals surface area contributed by atoms with Crippen molar-refractivity contribution in [2.24, 2.45) is 0 Å². The van der Waals surface area contributed by atoms with E-state index in [1.807, 2.05) is 29.8 Å². The number of fused-ring (bicyclic) bond motifs is 1. The van der Waals surface area contributed by atoms with Gasteiger partial charge < -0.3 is 9.30 Å². The molecule has 4 rings (SSSR count). The van der Waals surface area contributed by atoms with E-state index in [-0.39, 0.29) is 12.5 Å². The fourth-order valence-electron chi connectivity index (χ4n) is 3.12. The number of aryl methyl sites for hydroxylation is 2. The molecule has 0 aliphatic carbocycles. The first-order valence-corrected chi connectivity index (χ1v) is 11.3. The molecule has 2 aromatic carbocycles. The number of anilines is 1. The molecule has 6 nitrogen and oxygen atoms in total. The molecule has 2 heterocycles. The molecule has 0 bridgehead atoms. The highest BCUT2D eigenvalue weighted by Gasteiger charge is 2.21. The first kappa shape index (κ1) is 21.6. The van der Waals surface area contributed by atoms with Gasteiger partial charge in [0.25, 0.3) is 5.91 Å². The first-order chi connectivity index (χ1) is 15.0. The molecule has 160 valence electrons. The Hall–Kier alpha value is -2.61. The number of amides is 1. The third-order valence-electron chi connectivity index (χ3n) is 4.75. The van der Waals surface area contributed by atoms with Crippen molar-refractivity contribution >= 4 is 55.8 Å². The summed E-state index contributed by atoms with van der Waals surface area (Å²) in [5, 5.41) is 1.86. The van der Waals surface area contributed by atoms with Crippen LogP contribution in [0.4, 0.5) is 5.13 Å². The summed E-state index contributed by atoms with van der Waals surface area (Å²) in [4.78, 5) is 23.6. The second-order valence-corrected chi connectivity index (χ2v) is 8.80. The van der Waals surface area contributed by atoms with Gasteiger partial charge in [-0.05, 0) is 49.2 Å². The van der Waals surface area contributed by atoms with Gasteiger partial charge in [-0.1, -0.05) is 40.6 Å². The number of nitrogens with zero attached hydrogens (tertiary/aromatic N) is 4. The largest absolute Gasteiger partial charge is 0.484 e. The van der Waals surface area contributed by atoms with Gasteiger partial charge in [-0.25, -0.2) is 9.97 Å². The molecule has 0 aliphatic heterocycles. The Kier molecular flexibility index (Phi) is 6.75. The zero-order valence-corrected chi connectivity index (χ0v) is 19.1. The molecular weight excluding hydrogens is 455 g/mol. The third kappa shape index (κ3) is 5.18. The topological polar surface area (TPSA) is 60.2 Å². The predicted molar refractivity (Wildman–Crippen MR) is 126 cm³/mol. The Morgan fingerprint density at radius 3 is 2.71 bits per heavy atom. The van der Waals surface area contributed by atoms with Crippen molar-refractivity contribution < 1.29 is 9.53 Å². The fraction of sp³-hybridized carbons (Fsp3) is 0.227. The summed E-state index contributed by atoms with van der Waals surface area (Å²) in [6.45, 7) is 3.12. The van der Waals surface area contributed by atoms with Gasteiger partial charge in [0.05, 0.1) is 21.6 Å². The van der Waals surface area contributed by atoms with Gasteiger partial charge in [0, 0.05) is 30.5 Å². The van der Waals surface area contributed by atoms with E-state index in [9.17, 15) is 4.79 Å². The van der Waals surface area contributed by atoms with Gasteiger partial charge in [0.2, 0.25) is 0 Å². The minimum Gasteiger partial charge on any atom is -0.484 e.